The highest BCUT2D eigenvalue weighted by Crippen LogP contribution is 2.23. The fourth-order valence-electron chi connectivity index (χ4n) is 1.94. The summed E-state index contributed by atoms with van der Waals surface area (Å²) in [5.41, 5.74) is 3.32. The van der Waals surface area contributed by atoms with E-state index in [0.29, 0.717) is 5.56 Å². The molecule has 0 unspecified atom stereocenters. The minimum atomic E-state index is -0.903. The molecule has 0 bridgehead atoms. The van der Waals surface area contributed by atoms with Crippen molar-refractivity contribution in [3.8, 4) is 11.1 Å². The van der Waals surface area contributed by atoms with Gasteiger partial charge in [-0.3, -0.25) is 4.68 Å². The number of nitrogens with zero attached hydrogens (tertiary/aromatic N) is 2. The van der Waals surface area contributed by atoms with Crippen LogP contribution in [0.25, 0.3) is 11.1 Å². The van der Waals surface area contributed by atoms with E-state index >= 15 is 0 Å². The topological polar surface area (TPSA) is 55.1 Å². The predicted octanol–water partition coefficient (Wildman–Crippen LogP) is 2.97. The number of benzene rings is 1. The quantitative estimate of drug-likeness (QED) is 0.899. The Labute approximate surface area is 106 Å². The van der Waals surface area contributed by atoms with Crippen molar-refractivity contribution in [3.63, 3.8) is 0 Å². The van der Waals surface area contributed by atoms with Crippen molar-refractivity contribution in [2.75, 3.05) is 0 Å². The molecule has 18 heavy (non-hydrogen) atoms. The molecule has 1 heterocycles. The Morgan fingerprint density at radius 1 is 1.33 bits per heavy atom. The number of aromatic nitrogens is 2. The molecule has 1 aromatic carbocycles. The molecule has 0 radical (unpaired) electrons. The Morgan fingerprint density at radius 3 is 2.56 bits per heavy atom. The van der Waals surface area contributed by atoms with Crippen LogP contribution in [-0.2, 0) is 6.54 Å². The Bertz CT molecular complexity index is 556. The van der Waals surface area contributed by atoms with Crippen molar-refractivity contribution < 1.29 is 9.90 Å². The van der Waals surface area contributed by atoms with Crippen LogP contribution in [0.5, 0.6) is 0 Å². The van der Waals surface area contributed by atoms with Crippen molar-refractivity contribution in [3.05, 3.63) is 41.7 Å². The largest absolute Gasteiger partial charge is 0.478 e. The first kappa shape index (κ1) is 12.4. The van der Waals surface area contributed by atoms with Gasteiger partial charge >= 0.3 is 5.97 Å². The van der Waals surface area contributed by atoms with Gasteiger partial charge in [-0.05, 0) is 31.0 Å². The zero-order valence-electron chi connectivity index (χ0n) is 10.6. The van der Waals surface area contributed by atoms with Gasteiger partial charge in [0.2, 0.25) is 0 Å². The maximum absolute atomic E-state index is 10.8. The maximum atomic E-state index is 10.8. The Morgan fingerprint density at radius 2 is 2.00 bits per heavy atom. The molecule has 2 rings (SSSR count). The minimum absolute atomic E-state index is 0.303. The highest BCUT2D eigenvalue weighted by atomic mass is 16.4. The van der Waals surface area contributed by atoms with Gasteiger partial charge in [0.05, 0.1) is 11.3 Å². The van der Waals surface area contributed by atoms with Crippen molar-refractivity contribution in [2.45, 2.75) is 26.8 Å². The summed E-state index contributed by atoms with van der Waals surface area (Å²) in [6.07, 6.45) is 3.05. The molecule has 2 aromatic rings. The lowest BCUT2D eigenvalue weighted by atomic mass is 10.1. The van der Waals surface area contributed by atoms with Gasteiger partial charge in [0.15, 0.2) is 0 Å². The molecule has 4 nitrogen and oxygen atoms in total. The zero-order chi connectivity index (χ0) is 13.1. The van der Waals surface area contributed by atoms with Crippen molar-refractivity contribution in [2.24, 2.45) is 0 Å². The summed E-state index contributed by atoms with van der Waals surface area (Å²) in [6, 6.07) is 6.88. The van der Waals surface area contributed by atoms with Crippen LogP contribution in [0.1, 0.15) is 29.4 Å². The molecule has 1 aromatic heterocycles. The van der Waals surface area contributed by atoms with Gasteiger partial charge in [-0.1, -0.05) is 19.1 Å². The maximum Gasteiger partial charge on any atom is 0.335 e. The number of aryl methyl sites for hydroxylation is 2. The summed E-state index contributed by atoms with van der Waals surface area (Å²) in [7, 11) is 0. The second-order valence-electron chi connectivity index (χ2n) is 4.27. The zero-order valence-corrected chi connectivity index (χ0v) is 10.6. The van der Waals surface area contributed by atoms with Crippen molar-refractivity contribution in [1.82, 2.24) is 9.78 Å². The van der Waals surface area contributed by atoms with Crippen LogP contribution in [0.2, 0.25) is 0 Å². The summed E-state index contributed by atoms with van der Waals surface area (Å²) in [5.74, 6) is -0.903. The molecule has 4 heteroatoms. The summed E-state index contributed by atoms with van der Waals surface area (Å²) >= 11 is 0. The van der Waals surface area contributed by atoms with Crippen LogP contribution < -0.4 is 0 Å². The number of rotatable bonds is 4. The fraction of sp³-hybridized carbons (Fsp3) is 0.286. The first-order valence-corrected chi connectivity index (χ1v) is 5.99. The van der Waals surface area contributed by atoms with Gasteiger partial charge in [-0.2, -0.15) is 5.10 Å². The van der Waals surface area contributed by atoms with Crippen molar-refractivity contribution in [1.29, 1.82) is 0 Å². The molecule has 0 fully saturated rings. The molecule has 0 atom stereocenters. The molecule has 0 aliphatic heterocycles. The van der Waals surface area contributed by atoms with E-state index in [0.717, 1.165) is 29.8 Å². The summed E-state index contributed by atoms with van der Waals surface area (Å²) in [6.45, 7) is 4.97. The normalized spacial score (nSPS) is 10.6. The second kappa shape index (κ2) is 5.04. The van der Waals surface area contributed by atoms with Gasteiger partial charge in [-0.15, -0.1) is 0 Å². The standard InChI is InChI=1S/C14H16N2O2/c1-3-8-16-9-13(10(2)15-16)11-4-6-12(7-5-11)14(17)18/h4-7,9H,3,8H2,1-2H3,(H,17,18). The third-order valence-electron chi connectivity index (χ3n) is 2.84. The molecule has 0 saturated heterocycles. The summed E-state index contributed by atoms with van der Waals surface area (Å²) in [5, 5.41) is 13.3. The molecule has 94 valence electrons. The number of aromatic carboxylic acids is 1. The van der Waals surface area contributed by atoms with Gasteiger partial charge in [0.25, 0.3) is 0 Å². The average molecular weight is 244 g/mol. The summed E-state index contributed by atoms with van der Waals surface area (Å²) < 4.78 is 1.93. The van der Waals surface area contributed by atoms with Crippen LogP contribution >= 0.6 is 0 Å². The molecule has 0 spiro atoms. The lowest BCUT2D eigenvalue weighted by Gasteiger charge is -2.00. The Hall–Kier alpha value is -2.10. The highest BCUT2D eigenvalue weighted by Gasteiger charge is 2.08. The molecule has 1 N–H and O–H groups in total. The number of carbonyl (C=O) groups is 1. The van der Waals surface area contributed by atoms with E-state index in [1.165, 1.54) is 0 Å². The van der Waals surface area contributed by atoms with Crippen LogP contribution in [0, 0.1) is 6.92 Å². The molecule has 0 amide bonds. The first-order chi connectivity index (χ1) is 8.61. The van der Waals surface area contributed by atoms with E-state index in [9.17, 15) is 4.79 Å². The molecule has 0 aliphatic rings. The number of carboxylic acids is 1. The Kier molecular flexibility index (Phi) is 3.46. The van der Waals surface area contributed by atoms with Crippen LogP contribution in [0.15, 0.2) is 30.5 Å². The van der Waals surface area contributed by atoms with Gasteiger partial charge in [-0.25, -0.2) is 4.79 Å². The monoisotopic (exact) mass is 244 g/mol. The first-order valence-electron chi connectivity index (χ1n) is 5.99. The van der Waals surface area contributed by atoms with Crippen LogP contribution in [0.3, 0.4) is 0 Å². The van der Waals surface area contributed by atoms with Crippen LogP contribution in [0.4, 0.5) is 0 Å². The predicted molar refractivity (Wildman–Crippen MR) is 69.7 cm³/mol. The van der Waals surface area contributed by atoms with E-state index in [-0.39, 0.29) is 0 Å². The smallest absolute Gasteiger partial charge is 0.335 e. The average Bonchev–Trinajstić information content (AvgIpc) is 2.71. The SMILES string of the molecule is CCCn1cc(-c2ccc(C(=O)O)cc2)c(C)n1. The second-order valence-corrected chi connectivity index (χ2v) is 4.27. The lowest BCUT2D eigenvalue weighted by molar-refractivity contribution is 0.0697. The summed E-state index contributed by atoms with van der Waals surface area (Å²) in [4.78, 5) is 10.8. The van der Waals surface area contributed by atoms with E-state index in [1.807, 2.05) is 29.9 Å². The molecular formula is C14H16N2O2. The van der Waals surface area contributed by atoms with Gasteiger partial charge in [0.1, 0.15) is 0 Å². The fourth-order valence-corrected chi connectivity index (χ4v) is 1.94. The van der Waals surface area contributed by atoms with E-state index in [4.69, 9.17) is 5.11 Å². The van der Waals surface area contributed by atoms with E-state index in [2.05, 4.69) is 12.0 Å². The third-order valence-corrected chi connectivity index (χ3v) is 2.84. The van der Waals surface area contributed by atoms with Gasteiger partial charge < -0.3 is 5.11 Å². The number of hydrogen-bond donors (Lipinski definition) is 1. The minimum Gasteiger partial charge on any atom is -0.478 e. The molecule has 0 aliphatic carbocycles. The molecule has 0 saturated carbocycles. The molecular weight excluding hydrogens is 228 g/mol. The Balaban J connectivity index is 2.33. The third kappa shape index (κ3) is 2.42. The van der Waals surface area contributed by atoms with Crippen molar-refractivity contribution >= 4 is 5.97 Å². The number of hydrogen-bond acceptors (Lipinski definition) is 2. The van der Waals surface area contributed by atoms with Gasteiger partial charge in [0, 0.05) is 18.3 Å². The van der Waals surface area contributed by atoms with E-state index in [1.54, 1.807) is 12.1 Å². The lowest BCUT2D eigenvalue weighted by Crippen LogP contribution is -1.96. The van der Waals surface area contributed by atoms with E-state index < -0.39 is 5.97 Å². The number of carboxylic acid groups (broad SMARTS) is 1. The van der Waals surface area contributed by atoms with Crippen LogP contribution in [-0.4, -0.2) is 20.9 Å². The highest BCUT2D eigenvalue weighted by molar-refractivity contribution is 5.88.